The topological polar surface area (TPSA) is 66.3 Å². The first-order valence-electron chi connectivity index (χ1n) is 6.72. The van der Waals surface area contributed by atoms with Gasteiger partial charge in [-0.3, -0.25) is 4.79 Å². The van der Waals surface area contributed by atoms with Crippen molar-refractivity contribution in [2.75, 3.05) is 11.4 Å². The van der Waals surface area contributed by atoms with Crippen LogP contribution in [0, 0.1) is 0 Å². The zero-order chi connectivity index (χ0) is 14.4. The fourth-order valence-electron chi connectivity index (χ4n) is 1.87. The van der Waals surface area contributed by atoms with E-state index in [1.165, 1.54) is 0 Å². The van der Waals surface area contributed by atoms with Crippen LogP contribution in [-0.4, -0.2) is 33.6 Å². The van der Waals surface area contributed by atoms with Gasteiger partial charge in [0.2, 0.25) is 0 Å². The summed E-state index contributed by atoms with van der Waals surface area (Å²) in [5, 5.41) is 8.71. The van der Waals surface area contributed by atoms with E-state index >= 15 is 0 Å². The number of aromatic nitrogens is 2. The third-order valence-corrected chi connectivity index (χ3v) is 2.97. The summed E-state index contributed by atoms with van der Waals surface area (Å²) in [5.74, 6) is 0.475. The molecule has 0 aliphatic rings. The molecule has 0 unspecified atom stereocenters. The Balaban J connectivity index is 2.80. The molecule has 1 rings (SSSR count). The van der Waals surface area contributed by atoms with Gasteiger partial charge in [-0.1, -0.05) is 13.8 Å². The van der Waals surface area contributed by atoms with Crippen molar-refractivity contribution in [3.63, 3.8) is 0 Å². The van der Waals surface area contributed by atoms with E-state index in [-0.39, 0.29) is 12.5 Å². The molecule has 19 heavy (non-hydrogen) atoms. The fourth-order valence-corrected chi connectivity index (χ4v) is 1.87. The van der Waals surface area contributed by atoms with Crippen LogP contribution in [0.3, 0.4) is 0 Å². The number of hydrogen-bond acceptors (Lipinski definition) is 4. The van der Waals surface area contributed by atoms with Crippen molar-refractivity contribution in [3.05, 3.63) is 18.1 Å². The third kappa shape index (κ3) is 4.85. The van der Waals surface area contributed by atoms with E-state index in [2.05, 4.69) is 42.6 Å². The number of carboxylic acids is 1. The summed E-state index contributed by atoms with van der Waals surface area (Å²) in [6, 6.07) is 2.27. The van der Waals surface area contributed by atoms with E-state index in [1.807, 2.05) is 6.07 Å². The van der Waals surface area contributed by atoms with Crippen molar-refractivity contribution in [3.8, 4) is 0 Å². The van der Waals surface area contributed by atoms with Crippen molar-refractivity contribution >= 4 is 11.8 Å². The van der Waals surface area contributed by atoms with Gasteiger partial charge in [0.25, 0.3) is 0 Å². The minimum Gasteiger partial charge on any atom is -0.481 e. The highest BCUT2D eigenvalue weighted by Gasteiger charge is 2.14. The maximum absolute atomic E-state index is 10.6. The minimum absolute atomic E-state index is 0.186. The summed E-state index contributed by atoms with van der Waals surface area (Å²) < 4.78 is 0. The lowest BCUT2D eigenvalue weighted by Gasteiger charge is -2.28. The molecule has 0 saturated heterocycles. The first-order valence-corrected chi connectivity index (χ1v) is 6.72. The van der Waals surface area contributed by atoms with E-state index in [0.29, 0.717) is 18.9 Å². The summed E-state index contributed by atoms with van der Waals surface area (Å²) in [5.41, 5.74) is 1.01. The lowest BCUT2D eigenvalue weighted by molar-refractivity contribution is -0.137. The molecule has 1 aromatic heterocycles. The minimum atomic E-state index is -0.755. The molecule has 0 atom stereocenters. The smallest absolute Gasteiger partial charge is 0.303 e. The molecule has 0 saturated carbocycles. The van der Waals surface area contributed by atoms with Crippen molar-refractivity contribution < 1.29 is 9.90 Å². The van der Waals surface area contributed by atoms with Gasteiger partial charge in [-0.05, 0) is 26.2 Å². The van der Waals surface area contributed by atoms with Crippen LogP contribution in [0.2, 0.25) is 0 Å². The predicted octanol–water partition coefficient (Wildman–Crippen LogP) is 2.68. The molecule has 0 amide bonds. The molecule has 0 spiro atoms. The maximum Gasteiger partial charge on any atom is 0.303 e. The van der Waals surface area contributed by atoms with E-state index in [4.69, 9.17) is 5.11 Å². The molecule has 1 aromatic rings. The molecule has 0 aliphatic heterocycles. The number of aliphatic carboxylic acids is 1. The third-order valence-electron chi connectivity index (χ3n) is 2.97. The molecular weight excluding hydrogens is 242 g/mol. The first-order chi connectivity index (χ1) is 8.91. The molecule has 0 aliphatic carbocycles. The van der Waals surface area contributed by atoms with Crippen LogP contribution < -0.4 is 4.90 Å². The molecule has 5 heteroatoms. The second kappa shape index (κ2) is 7.07. The lowest BCUT2D eigenvalue weighted by atomic mass is 10.1. The summed E-state index contributed by atoms with van der Waals surface area (Å²) >= 11 is 0. The Hall–Kier alpha value is -1.65. The van der Waals surface area contributed by atoms with Crippen molar-refractivity contribution in [1.82, 2.24) is 9.97 Å². The quantitative estimate of drug-likeness (QED) is 0.821. The van der Waals surface area contributed by atoms with Gasteiger partial charge in [-0.2, -0.15) is 0 Å². The van der Waals surface area contributed by atoms with Gasteiger partial charge in [0.05, 0.1) is 0 Å². The van der Waals surface area contributed by atoms with Gasteiger partial charge in [-0.25, -0.2) is 9.97 Å². The van der Waals surface area contributed by atoms with Crippen molar-refractivity contribution in [1.29, 1.82) is 0 Å². The number of nitrogens with zero attached hydrogens (tertiary/aromatic N) is 3. The molecule has 1 N–H and O–H groups in total. The number of carboxylic acid groups (broad SMARTS) is 1. The zero-order valence-corrected chi connectivity index (χ0v) is 12.1. The summed E-state index contributed by atoms with van der Waals surface area (Å²) in [4.78, 5) is 21.3. The molecule has 5 nitrogen and oxygen atoms in total. The molecule has 0 radical (unpaired) electrons. The summed E-state index contributed by atoms with van der Waals surface area (Å²) in [6.07, 6.45) is 2.39. The molecular formula is C14H23N3O2. The van der Waals surface area contributed by atoms with Crippen LogP contribution in [0.15, 0.2) is 12.4 Å². The molecule has 0 bridgehead atoms. The summed E-state index contributed by atoms with van der Waals surface area (Å²) in [7, 11) is 0. The van der Waals surface area contributed by atoms with E-state index in [0.717, 1.165) is 11.5 Å². The van der Waals surface area contributed by atoms with E-state index in [9.17, 15) is 4.79 Å². The van der Waals surface area contributed by atoms with Crippen molar-refractivity contribution in [2.24, 2.45) is 0 Å². The van der Waals surface area contributed by atoms with Crippen LogP contribution in [-0.2, 0) is 4.79 Å². The lowest BCUT2D eigenvalue weighted by Crippen LogP contribution is -2.33. The average molecular weight is 265 g/mol. The Morgan fingerprint density at radius 1 is 1.32 bits per heavy atom. The highest BCUT2D eigenvalue weighted by atomic mass is 16.4. The monoisotopic (exact) mass is 265 g/mol. The standard InChI is InChI=1S/C14H23N3O2/c1-10(2)12-8-13(16-9-15-12)17(11(3)4)7-5-6-14(18)19/h8-11H,5-7H2,1-4H3,(H,18,19). The van der Waals surface area contributed by atoms with Crippen LogP contribution in [0.25, 0.3) is 0 Å². The van der Waals surface area contributed by atoms with Gasteiger partial charge in [0, 0.05) is 30.8 Å². The number of rotatable bonds is 7. The molecule has 1 heterocycles. The van der Waals surface area contributed by atoms with Crippen molar-refractivity contribution in [2.45, 2.75) is 52.5 Å². The second-order valence-corrected chi connectivity index (χ2v) is 5.24. The maximum atomic E-state index is 10.6. The zero-order valence-electron chi connectivity index (χ0n) is 12.1. The molecule has 0 fully saturated rings. The van der Waals surface area contributed by atoms with Crippen LogP contribution >= 0.6 is 0 Å². The first kappa shape index (κ1) is 15.4. The normalized spacial score (nSPS) is 11.1. The molecule has 0 aromatic carbocycles. The van der Waals surface area contributed by atoms with Crippen LogP contribution in [0.5, 0.6) is 0 Å². The Labute approximate surface area is 114 Å². The Morgan fingerprint density at radius 3 is 2.53 bits per heavy atom. The van der Waals surface area contributed by atoms with E-state index in [1.54, 1.807) is 6.33 Å². The highest BCUT2D eigenvalue weighted by molar-refractivity contribution is 5.66. The second-order valence-electron chi connectivity index (χ2n) is 5.24. The fraction of sp³-hybridized carbons (Fsp3) is 0.643. The Bertz CT molecular complexity index is 419. The van der Waals surface area contributed by atoms with Gasteiger partial charge in [0.15, 0.2) is 0 Å². The predicted molar refractivity (Wildman–Crippen MR) is 75.5 cm³/mol. The summed E-state index contributed by atoms with van der Waals surface area (Å²) in [6.45, 7) is 9.04. The number of anilines is 1. The SMILES string of the molecule is CC(C)c1cc(N(CCCC(=O)O)C(C)C)ncn1. The number of carbonyl (C=O) groups is 1. The van der Waals surface area contributed by atoms with Gasteiger partial charge >= 0.3 is 5.97 Å². The average Bonchev–Trinajstić information content (AvgIpc) is 2.34. The van der Waals surface area contributed by atoms with Crippen LogP contribution in [0.4, 0.5) is 5.82 Å². The van der Waals surface area contributed by atoms with Gasteiger partial charge in [-0.15, -0.1) is 0 Å². The van der Waals surface area contributed by atoms with Crippen LogP contribution in [0.1, 0.15) is 52.1 Å². The van der Waals surface area contributed by atoms with Gasteiger partial charge in [0.1, 0.15) is 12.1 Å². The Morgan fingerprint density at radius 2 is 2.00 bits per heavy atom. The largest absolute Gasteiger partial charge is 0.481 e. The molecule has 106 valence electrons. The van der Waals surface area contributed by atoms with E-state index < -0.39 is 5.97 Å². The highest BCUT2D eigenvalue weighted by Crippen LogP contribution is 2.19. The number of hydrogen-bond donors (Lipinski definition) is 1. The Kier molecular flexibility index (Phi) is 5.73. The van der Waals surface area contributed by atoms with Gasteiger partial charge < -0.3 is 10.0 Å².